The molecule has 2 heterocycles. The molecule has 3 nitrogen and oxygen atoms in total. The van der Waals surface area contributed by atoms with Crippen LogP contribution in [-0.2, 0) is 0 Å². The lowest BCUT2D eigenvalue weighted by molar-refractivity contribution is 0.0898. The highest BCUT2D eigenvalue weighted by atomic mass is 15.3. The van der Waals surface area contributed by atoms with E-state index >= 15 is 0 Å². The van der Waals surface area contributed by atoms with Crippen LogP contribution in [-0.4, -0.2) is 72.1 Å². The van der Waals surface area contributed by atoms with Crippen molar-refractivity contribution in [2.75, 3.05) is 33.2 Å². The summed E-state index contributed by atoms with van der Waals surface area (Å²) in [6, 6.07) is 3.21. The fraction of sp³-hybridized carbons (Fsp3) is 1.00. The van der Waals surface area contributed by atoms with Gasteiger partial charge in [0.1, 0.15) is 0 Å². The molecule has 0 bridgehead atoms. The Morgan fingerprint density at radius 3 is 1.80 bits per heavy atom. The molecule has 0 spiro atoms. The number of fused-ring (bicyclic) bond motifs is 1. The average Bonchev–Trinajstić information content (AvgIpc) is 2.91. The second-order valence-electron chi connectivity index (χ2n) is 7.89. The Hall–Kier alpha value is -0.120. The van der Waals surface area contributed by atoms with Gasteiger partial charge in [0.15, 0.2) is 0 Å². The predicted octanol–water partition coefficient (Wildman–Crippen LogP) is 2.13. The third-order valence-electron chi connectivity index (χ3n) is 6.18. The van der Waals surface area contributed by atoms with Crippen LogP contribution in [0, 0.1) is 11.8 Å². The number of nitrogens with zero attached hydrogens (tertiary/aromatic N) is 3. The van der Waals surface area contributed by atoms with Gasteiger partial charge in [0, 0.05) is 37.3 Å². The predicted molar refractivity (Wildman–Crippen MR) is 85.0 cm³/mol. The monoisotopic (exact) mass is 279 g/mol. The summed E-state index contributed by atoms with van der Waals surface area (Å²) in [6.07, 6.45) is 2.75. The molecule has 0 aromatic heterocycles. The second-order valence-corrected chi connectivity index (χ2v) is 7.89. The molecule has 0 N–H and O–H groups in total. The molecule has 3 fully saturated rings. The molecule has 0 radical (unpaired) electrons. The molecule has 2 aliphatic heterocycles. The van der Waals surface area contributed by atoms with Gasteiger partial charge in [0.2, 0.25) is 0 Å². The van der Waals surface area contributed by atoms with Gasteiger partial charge >= 0.3 is 0 Å². The van der Waals surface area contributed by atoms with Crippen molar-refractivity contribution in [1.82, 2.24) is 14.7 Å². The van der Waals surface area contributed by atoms with Crippen LogP contribution in [0.3, 0.4) is 0 Å². The Morgan fingerprint density at radius 1 is 0.850 bits per heavy atom. The molecule has 3 heteroatoms. The standard InChI is InChI=1S/C17H33N3/c1-12(2)19-8-6-14(7-9-19)18(5)17-15-10-20(13(3)4)11-16(15)17/h12-17H,6-11H2,1-5H3. The van der Waals surface area contributed by atoms with E-state index in [9.17, 15) is 0 Å². The average molecular weight is 279 g/mol. The highest BCUT2D eigenvalue weighted by Crippen LogP contribution is 2.50. The molecule has 1 aliphatic carbocycles. The van der Waals surface area contributed by atoms with Crippen molar-refractivity contribution in [3.8, 4) is 0 Å². The third-order valence-corrected chi connectivity index (χ3v) is 6.18. The number of hydrogen-bond donors (Lipinski definition) is 0. The maximum Gasteiger partial charge on any atom is 0.0183 e. The topological polar surface area (TPSA) is 9.72 Å². The van der Waals surface area contributed by atoms with Gasteiger partial charge in [0.25, 0.3) is 0 Å². The summed E-state index contributed by atoms with van der Waals surface area (Å²) in [4.78, 5) is 8.06. The maximum absolute atomic E-state index is 2.75. The molecule has 2 unspecified atom stereocenters. The minimum absolute atomic E-state index is 0.723. The summed E-state index contributed by atoms with van der Waals surface area (Å²) >= 11 is 0. The third kappa shape index (κ3) is 2.65. The minimum atomic E-state index is 0.723. The van der Waals surface area contributed by atoms with Crippen LogP contribution in [0.5, 0.6) is 0 Å². The lowest BCUT2D eigenvalue weighted by Crippen LogP contribution is -2.47. The molecule has 0 aromatic rings. The van der Waals surface area contributed by atoms with Crippen LogP contribution in [0.25, 0.3) is 0 Å². The zero-order valence-corrected chi connectivity index (χ0v) is 14.0. The van der Waals surface area contributed by atoms with Gasteiger partial charge in [0.05, 0.1) is 0 Å². The summed E-state index contributed by atoms with van der Waals surface area (Å²) < 4.78 is 0. The van der Waals surface area contributed by atoms with E-state index in [0.717, 1.165) is 36.0 Å². The number of piperidine rings is 2. The molecule has 2 saturated heterocycles. The summed E-state index contributed by atoms with van der Waals surface area (Å²) in [5, 5.41) is 0. The van der Waals surface area contributed by atoms with Gasteiger partial charge in [-0.1, -0.05) is 0 Å². The smallest absolute Gasteiger partial charge is 0.0183 e. The van der Waals surface area contributed by atoms with Crippen molar-refractivity contribution in [3.05, 3.63) is 0 Å². The van der Waals surface area contributed by atoms with Crippen LogP contribution < -0.4 is 0 Å². The molecule has 0 aromatic carbocycles. The lowest BCUT2D eigenvalue weighted by Gasteiger charge is -2.39. The molecule has 1 saturated carbocycles. The molecule has 0 amide bonds. The Kier molecular flexibility index (Phi) is 4.13. The van der Waals surface area contributed by atoms with Crippen molar-refractivity contribution >= 4 is 0 Å². The summed E-state index contributed by atoms with van der Waals surface area (Å²) in [6.45, 7) is 14.6. The van der Waals surface area contributed by atoms with Crippen LogP contribution in [0.4, 0.5) is 0 Å². The van der Waals surface area contributed by atoms with E-state index in [-0.39, 0.29) is 0 Å². The van der Waals surface area contributed by atoms with Crippen molar-refractivity contribution in [1.29, 1.82) is 0 Å². The first-order valence-corrected chi connectivity index (χ1v) is 8.69. The molecule has 3 aliphatic rings. The van der Waals surface area contributed by atoms with Gasteiger partial charge in [-0.05, 0) is 72.5 Å². The Morgan fingerprint density at radius 2 is 1.35 bits per heavy atom. The van der Waals surface area contributed by atoms with Crippen molar-refractivity contribution in [2.24, 2.45) is 11.8 Å². The fourth-order valence-corrected chi connectivity index (χ4v) is 4.61. The molecule has 20 heavy (non-hydrogen) atoms. The highest BCUT2D eigenvalue weighted by molar-refractivity contribution is 5.12. The van der Waals surface area contributed by atoms with Crippen molar-refractivity contribution in [2.45, 2.75) is 64.7 Å². The molecular weight excluding hydrogens is 246 g/mol. The number of hydrogen-bond acceptors (Lipinski definition) is 3. The normalized spacial score (nSPS) is 36.3. The van der Waals surface area contributed by atoms with Crippen LogP contribution >= 0.6 is 0 Å². The van der Waals surface area contributed by atoms with E-state index in [2.05, 4.69) is 49.4 Å². The van der Waals surface area contributed by atoms with Gasteiger partial charge in [-0.25, -0.2) is 0 Å². The van der Waals surface area contributed by atoms with E-state index in [1.807, 2.05) is 0 Å². The van der Waals surface area contributed by atoms with E-state index in [1.54, 1.807) is 0 Å². The van der Waals surface area contributed by atoms with Crippen molar-refractivity contribution < 1.29 is 0 Å². The van der Waals surface area contributed by atoms with E-state index < -0.39 is 0 Å². The van der Waals surface area contributed by atoms with Gasteiger partial charge in [-0.15, -0.1) is 0 Å². The first-order chi connectivity index (χ1) is 9.49. The van der Waals surface area contributed by atoms with Gasteiger partial charge < -0.3 is 9.80 Å². The number of rotatable bonds is 4. The zero-order valence-electron chi connectivity index (χ0n) is 14.0. The Bertz CT molecular complexity index is 313. The molecule has 116 valence electrons. The van der Waals surface area contributed by atoms with E-state index in [1.165, 1.54) is 39.0 Å². The summed E-state index contributed by atoms with van der Waals surface area (Å²) in [5.74, 6) is 1.95. The largest absolute Gasteiger partial charge is 0.301 e. The van der Waals surface area contributed by atoms with Crippen LogP contribution in [0.1, 0.15) is 40.5 Å². The molecule has 3 rings (SSSR count). The van der Waals surface area contributed by atoms with E-state index in [0.29, 0.717) is 0 Å². The fourth-order valence-electron chi connectivity index (χ4n) is 4.61. The zero-order chi connectivity index (χ0) is 14.4. The summed E-state index contributed by atoms with van der Waals surface area (Å²) in [7, 11) is 2.40. The first kappa shape index (κ1) is 14.8. The minimum Gasteiger partial charge on any atom is -0.301 e. The lowest BCUT2D eigenvalue weighted by atomic mass is 10.0. The Balaban J connectivity index is 1.47. The van der Waals surface area contributed by atoms with Gasteiger partial charge in [-0.2, -0.15) is 0 Å². The van der Waals surface area contributed by atoms with E-state index in [4.69, 9.17) is 0 Å². The number of likely N-dealkylation sites (tertiary alicyclic amines) is 2. The van der Waals surface area contributed by atoms with Crippen molar-refractivity contribution in [3.63, 3.8) is 0 Å². The first-order valence-electron chi connectivity index (χ1n) is 8.69. The SMILES string of the molecule is CC(C)N1CCC(N(C)C2C3CN(C(C)C)CC32)CC1. The maximum atomic E-state index is 2.75. The quantitative estimate of drug-likeness (QED) is 0.780. The Labute approximate surface area is 125 Å². The van der Waals surface area contributed by atoms with Gasteiger partial charge in [-0.3, -0.25) is 4.90 Å². The van der Waals surface area contributed by atoms with Crippen LogP contribution in [0.2, 0.25) is 0 Å². The highest BCUT2D eigenvalue weighted by Gasteiger charge is 2.58. The molecule has 2 atom stereocenters. The molecular formula is C17H33N3. The second kappa shape index (κ2) is 5.58. The summed E-state index contributed by atoms with van der Waals surface area (Å²) in [5.41, 5.74) is 0. The van der Waals surface area contributed by atoms with Crippen LogP contribution in [0.15, 0.2) is 0 Å².